The van der Waals surface area contributed by atoms with Crippen LogP contribution in [-0.2, 0) is 6.54 Å². The van der Waals surface area contributed by atoms with Gasteiger partial charge in [0.15, 0.2) is 0 Å². The van der Waals surface area contributed by atoms with E-state index in [1.165, 1.54) is 12.6 Å². The summed E-state index contributed by atoms with van der Waals surface area (Å²) < 4.78 is 2.17. The second kappa shape index (κ2) is 4.23. The van der Waals surface area contributed by atoms with Crippen LogP contribution in [0.2, 0.25) is 0 Å². The third-order valence-corrected chi connectivity index (χ3v) is 2.98. The SMILES string of the molecule is O=c1c(Br)cncn1C[C@@H]1CCCN1. The predicted octanol–water partition coefficient (Wildman–Crippen LogP) is 0.758. The van der Waals surface area contributed by atoms with Crippen LogP contribution in [0.4, 0.5) is 0 Å². The molecule has 1 atom stereocenters. The molecule has 1 saturated heterocycles. The van der Waals surface area contributed by atoms with Gasteiger partial charge in [0.05, 0.1) is 6.33 Å². The third-order valence-electron chi connectivity index (χ3n) is 2.44. The number of nitrogens with zero attached hydrogens (tertiary/aromatic N) is 2. The number of nitrogens with one attached hydrogen (secondary N) is 1. The molecule has 76 valence electrons. The van der Waals surface area contributed by atoms with Crippen LogP contribution in [0.15, 0.2) is 21.8 Å². The van der Waals surface area contributed by atoms with E-state index in [0.717, 1.165) is 13.0 Å². The molecule has 0 spiro atoms. The fourth-order valence-corrected chi connectivity index (χ4v) is 2.05. The first kappa shape index (κ1) is 9.86. The third kappa shape index (κ3) is 2.04. The molecule has 2 rings (SSSR count). The molecule has 1 aliphatic heterocycles. The fraction of sp³-hybridized carbons (Fsp3) is 0.556. The highest BCUT2D eigenvalue weighted by Crippen LogP contribution is 2.06. The maximum Gasteiger partial charge on any atom is 0.267 e. The molecule has 0 aliphatic carbocycles. The van der Waals surface area contributed by atoms with E-state index in [-0.39, 0.29) is 5.56 Å². The highest BCUT2D eigenvalue weighted by Gasteiger charge is 2.15. The summed E-state index contributed by atoms with van der Waals surface area (Å²) in [6.45, 7) is 1.77. The predicted molar refractivity (Wildman–Crippen MR) is 57.2 cm³/mol. The molecule has 0 saturated carbocycles. The minimum absolute atomic E-state index is 0.00583. The molecule has 0 unspecified atom stereocenters. The van der Waals surface area contributed by atoms with E-state index in [1.807, 2.05) is 0 Å². The molecule has 1 aromatic heterocycles. The highest BCUT2D eigenvalue weighted by atomic mass is 79.9. The molecule has 0 radical (unpaired) electrons. The molecular weight excluding hydrogens is 246 g/mol. The van der Waals surface area contributed by atoms with Crippen molar-refractivity contribution in [2.45, 2.75) is 25.4 Å². The number of hydrogen-bond donors (Lipinski definition) is 1. The lowest BCUT2D eigenvalue weighted by Gasteiger charge is -2.11. The Morgan fingerprint density at radius 2 is 2.57 bits per heavy atom. The van der Waals surface area contributed by atoms with Crippen molar-refractivity contribution in [3.8, 4) is 0 Å². The van der Waals surface area contributed by atoms with Gasteiger partial charge in [-0.15, -0.1) is 0 Å². The van der Waals surface area contributed by atoms with Crippen LogP contribution < -0.4 is 10.9 Å². The van der Waals surface area contributed by atoms with Crippen molar-refractivity contribution in [2.75, 3.05) is 6.54 Å². The lowest BCUT2D eigenvalue weighted by Crippen LogP contribution is -2.32. The molecular formula is C9H12BrN3O. The van der Waals surface area contributed by atoms with Gasteiger partial charge in [-0.25, -0.2) is 4.98 Å². The molecule has 1 N–H and O–H groups in total. The second-order valence-electron chi connectivity index (χ2n) is 3.49. The zero-order valence-corrected chi connectivity index (χ0v) is 9.33. The fourth-order valence-electron chi connectivity index (χ4n) is 1.70. The molecule has 1 aromatic rings. The van der Waals surface area contributed by atoms with Crippen molar-refractivity contribution in [1.82, 2.24) is 14.9 Å². The molecule has 14 heavy (non-hydrogen) atoms. The minimum Gasteiger partial charge on any atom is -0.312 e. The van der Waals surface area contributed by atoms with Crippen LogP contribution in [0.1, 0.15) is 12.8 Å². The van der Waals surface area contributed by atoms with Gasteiger partial charge < -0.3 is 5.32 Å². The van der Waals surface area contributed by atoms with Crippen molar-refractivity contribution < 1.29 is 0 Å². The van der Waals surface area contributed by atoms with Crippen LogP contribution in [-0.4, -0.2) is 22.1 Å². The Balaban J connectivity index is 2.16. The Labute approximate surface area is 90.5 Å². The van der Waals surface area contributed by atoms with Gasteiger partial charge in [-0.2, -0.15) is 0 Å². The molecule has 0 bridgehead atoms. The molecule has 2 heterocycles. The summed E-state index contributed by atoms with van der Waals surface area (Å²) in [6.07, 6.45) is 5.45. The van der Waals surface area contributed by atoms with E-state index in [2.05, 4.69) is 26.2 Å². The van der Waals surface area contributed by atoms with Crippen LogP contribution in [0.25, 0.3) is 0 Å². The summed E-state index contributed by atoms with van der Waals surface area (Å²) in [6, 6.07) is 0.420. The second-order valence-corrected chi connectivity index (χ2v) is 4.35. The molecule has 4 nitrogen and oxygen atoms in total. The topological polar surface area (TPSA) is 46.9 Å². The summed E-state index contributed by atoms with van der Waals surface area (Å²) in [7, 11) is 0. The van der Waals surface area contributed by atoms with Gasteiger partial charge in [0.1, 0.15) is 4.47 Å². The van der Waals surface area contributed by atoms with Gasteiger partial charge in [-0.3, -0.25) is 9.36 Å². The number of aromatic nitrogens is 2. The van der Waals surface area contributed by atoms with Crippen LogP contribution >= 0.6 is 15.9 Å². The average Bonchev–Trinajstić information content (AvgIpc) is 2.66. The Morgan fingerprint density at radius 1 is 1.71 bits per heavy atom. The Bertz CT molecular complexity index is 371. The first-order chi connectivity index (χ1) is 6.77. The Morgan fingerprint density at radius 3 is 3.29 bits per heavy atom. The molecule has 1 fully saturated rings. The zero-order valence-electron chi connectivity index (χ0n) is 7.74. The summed E-state index contributed by atoms with van der Waals surface area (Å²) >= 11 is 3.18. The zero-order chi connectivity index (χ0) is 9.97. The maximum atomic E-state index is 11.6. The van der Waals surface area contributed by atoms with Crippen molar-refractivity contribution in [1.29, 1.82) is 0 Å². The summed E-state index contributed by atoms with van der Waals surface area (Å²) in [4.78, 5) is 15.6. The van der Waals surface area contributed by atoms with Gasteiger partial charge in [0.25, 0.3) is 5.56 Å². The van der Waals surface area contributed by atoms with Gasteiger partial charge in [0.2, 0.25) is 0 Å². The van der Waals surface area contributed by atoms with E-state index in [1.54, 1.807) is 10.9 Å². The Hall–Kier alpha value is -0.680. The molecule has 0 aromatic carbocycles. The van der Waals surface area contributed by atoms with Crippen molar-refractivity contribution in [3.63, 3.8) is 0 Å². The number of rotatable bonds is 2. The van der Waals surface area contributed by atoms with Crippen molar-refractivity contribution >= 4 is 15.9 Å². The highest BCUT2D eigenvalue weighted by molar-refractivity contribution is 9.10. The normalized spacial score (nSPS) is 21.4. The molecule has 0 amide bonds. The summed E-state index contributed by atoms with van der Waals surface area (Å²) in [5, 5.41) is 3.35. The monoisotopic (exact) mass is 257 g/mol. The van der Waals surface area contributed by atoms with Gasteiger partial charge in [-0.05, 0) is 35.3 Å². The minimum atomic E-state index is -0.00583. The lowest BCUT2D eigenvalue weighted by molar-refractivity contribution is 0.493. The first-order valence-corrected chi connectivity index (χ1v) is 5.50. The first-order valence-electron chi connectivity index (χ1n) is 4.70. The molecule has 1 aliphatic rings. The standard InChI is InChI=1S/C9H12BrN3O/c10-8-4-11-6-13(9(8)14)5-7-2-1-3-12-7/h4,6-7,12H,1-3,5H2/t7-/m0/s1. The molecule has 5 heteroatoms. The average molecular weight is 258 g/mol. The largest absolute Gasteiger partial charge is 0.312 e. The number of hydrogen-bond acceptors (Lipinski definition) is 3. The van der Waals surface area contributed by atoms with Crippen molar-refractivity contribution in [3.05, 3.63) is 27.4 Å². The van der Waals surface area contributed by atoms with Crippen LogP contribution in [0.5, 0.6) is 0 Å². The van der Waals surface area contributed by atoms with Gasteiger partial charge in [0, 0.05) is 18.8 Å². The van der Waals surface area contributed by atoms with E-state index >= 15 is 0 Å². The lowest BCUT2D eigenvalue weighted by atomic mass is 10.2. The maximum absolute atomic E-state index is 11.6. The van der Waals surface area contributed by atoms with Crippen LogP contribution in [0, 0.1) is 0 Å². The van der Waals surface area contributed by atoms with E-state index in [4.69, 9.17) is 0 Å². The van der Waals surface area contributed by atoms with Gasteiger partial charge >= 0.3 is 0 Å². The Kier molecular flexibility index (Phi) is 2.98. The number of halogens is 1. The van der Waals surface area contributed by atoms with E-state index in [0.29, 0.717) is 17.1 Å². The summed E-state index contributed by atoms with van der Waals surface area (Å²) in [5.74, 6) is 0. The summed E-state index contributed by atoms with van der Waals surface area (Å²) in [5.41, 5.74) is -0.00583. The van der Waals surface area contributed by atoms with E-state index in [9.17, 15) is 4.79 Å². The van der Waals surface area contributed by atoms with Crippen molar-refractivity contribution in [2.24, 2.45) is 0 Å². The van der Waals surface area contributed by atoms with Gasteiger partial charge in [-0.1, -0.05) is 0 Å². The van der Waals surface area contributed by atoms with Crippen LogP contribution in [0.3, 0.4) is 0 Å². The smallest absolute Gasteiger partial charge is 0.267 e. The quantitative estimate of drug-likeness (QED) is 0.851. The van der Waals surface area contributed by atoms with E-state index < -0.39 is 0 Å².